The van der Waals surface area contributed by atoms with Crippen LogP contribution < -0.4 is 16.0 Å². The SMILES string of the molecule is O=C1CCC(N2Cc3cc(-n4cc(C(=O)NCC(=O)Nc5ccccc5)nn4)ccc3C2=O)C(=O)N1. The quantitative estimate of drug-likeness (QED) is 0.425. The first kappa shape index (κ1) is 22.9. The number of aromatic nitrogens is 3. The van der Waals surface area contributed by atoms with Crippen molar-refractivity contribution in [3.05, 3.63) is 71.5 Å². The van der Waals surface area contributed by atoms with Crippen molar-refractivity contribution in [2.24, 2.45) is 0 Å². The van der Waals surface area contributed by atoms with Crippen molar-refractivity contribution in [1.82, 2.24) is 30.5 Å². The third kappa shape index (κ3) is 4.56. The van der Waals surface area contributed by atoms with Crippen LogP contribution in [0.4, 0.5) is 5.69 Å². The Hall–Kier alpha value is -4.87. The van der Waals surface area contributed by atoms with Gasteiger partial charge in [0.2, 0.25) is 17.7 Å². The maximum atomic E-state index is 12.8. The summed E-state index contributed by atoms with van der Waals surface area (Å²) in [4.78, 5) is 62.4. The van der Waals surface area contributed by atoms with E-state index in [1.807, 2.05) is 6.07 Å². The number of rotatable bonds is 6. The molecule has 1 fully saturated rings. The summed E-state index contributed by atoms with van der Waals surface area (Å²) >= 11 is 0. The standard InChI is InChI=1S/C24H21N7O5/c32-20-9-8-19(23(35)27-20)30-12-14-10-16(6-7-17(14)24(30)36)31-13-18(28-29-31)22(34)25-11-21(33)26-15-4-2-1-3-5-15/h1-7,10,13,19H,8-9,11-12H2,(H,25,34)(H,26,33)(H,27,32,35). The summed E-state index contributed by atoms with van der Waals surface area (Å²) in [6, 6.07) is 13.2. The number of nitrogens with one attached hydrogen (secondary N) is 3. The molecular formula is C24H21N7O5. The largest absolute Gasteiger partial charge is 0.342 e. The minimum absolute atomic E-state index is 0.0178. The van der Waals surface area contributed by atoms with Gasteiger partial charge in [0.25, 0.3) is 11.8 Å². The molecule has 36 heavy (non-hydrogen) atoms. The Morgan fingerprint density at radius 2 is 1.89 bits per heavy atom. The average Bonchev–Trinajstić information content (AvgIpc) is 3.48. The first-order valence-corrected chi connectivity index (χ1v) is 11.2. The Morgan fingerprint density at radius 1 is 1.08 bits per heavy atom. The van der Waals surface area contributed by atoms with E-state index in [-0.39, 0.29) is 49.3 Å². The smallest absolute Gasteiger partial charge is 0.273 e. The first-order chi connectivity index (χ1) is 17.4. The number of carbonyl (C=O) groups excluding carboxylic acids is 5. The van der Waals surface area contributed by atoms with E-state index in [1.165, 1.54) is 15.8 Å². The molecule has 2 aliphatic rings. The minimum Gasteiger partial charge on any atom is -0.342 e. The van der Waals surface area contributed by atoms with E-state index in [9.17, 15) is 24.0 Å². The fourth-order valence-corrected chi connectivity index (χ4v) is 4.18. The summed E-state index contributed by atoms with van der Waals surface area (Å²) in [6.07, 6.45) is 1.88. The van der Waals surface area contributed by atoms with Crippen LogP contribution in [0, 0.1) is 0 Å². The van der Waals surface area contributed by atoms with Gasteiger partial charge in [0.15, 0.2) is 5.69 Å². The fourth-order valence-electron chi connectivity index (χ4n) is 4.18. The van der Waals surface area contributed by atoms with Crippen LogP contribution in [0.15, 0.2) is 54.7 Å². The molecule has 1 saturated heterocycles. The number of piperidine rings is 1. The van der Waals surface area contributed by atoms with Gasteiger partial charge in [-0.2, -0.15) is 0 Å². The summed E-state index contributed by atoms with van der Waals surface area (Å²) in [6.45, 7) is -0.0232. The molecule has 12 heteroatoms. The molecule has 5 amide bonds. The second-order valence-electron chi connectivity index (χ2n) is 8.39. The molecule has 3 aromatic rings. The van der Waals surface area contributed by atoms with Gasteiger partial charge in [-0.1, -0.05) is 23.4 Å². The first-order valence-electron chi connectivity index (χ1n) is 11.2. The second-order valence-corrected chi connectivity index (χ2v) is 8.39. The zero-order chi connectivity index (χ0) is 25.2. The van der Waals surface area contributed by atoms with E-state index in [4.69, 9.17) is 0 Å². The van der Waals surface area contributed by atoms with Crippen molar-refractivity contribution in [2.45, 2.75) is 25.4 Å². The molecule has 3 N–H and O–H groups in total. The number of imide groups is 1. The van der Waals surface area contributed by atoms with Gasteiger partial charge in [-0.05, 0) is 42.3 Å². The van der Waals surface area contributed by atoms with Crippen molar-refractivity contribution >= 4 is 35.2 Å². The summed E-state index contributed by atoms with van der Waals surface area (Å²) in [5, 5.41) is 15.3. The molecular weight excluding hydrogens is 466 g/mol. The lowest BCUT2D eigenvalue weighted by molar-refractivity contribution is -0.137. The zero-order valence-corrected chi connectivity index (χ0v) is 18.9. The monoisotopic (exact) mass is 487 g/mol. The number of benzene rings is 2. The summed E-state index contributed by atoms with van der Waals surface area (Å²) in [7, 11) is 0. The molecule has 0 aliphatic carbocycles. The Kier molecular flexibility index (Phi) is 5.98. The zero-order valence-electron chi connectivity index (χ0n) is 18.9. The van der Waals surface area contributed by atoms with E-state index in [0.717, 1.165) is 0 Å². The molecule has 12 nitrogen and oxygen atoms in total. The summed E-state index contributed by atoms with van der Waals surface area (Å²) in [5.41, 5.74) is 2.37. The molecule has 0 spiro atoms. The summed E-state index contributed by atoms with van der Waals surface area (Å²) in [5.74, 6) is -2.04. The van der Waals surface area contributed by atoms with E-state index >= 15 is 0 Å². The normalized spacial score (nSPS) is 16.9. The van der Waals surface area contributed by atoms with Gasteiger partial charge < -0.3 is 15.5 Å². The van der Waals surface area contributed by atoms with Crippen LogP contribution in [-0.2, 0) is 20.9 Å². The third-order valence-corrected chi connectivity index (χ3v) is 5.96. The van der Waals surface area contributed by atoms with Crippen LogP contribution in [0.5, 0.6) is 0 Å². The van der Waals surface area contributed by atoms with E-state index in [2.05, 4.69) is 26.3 Å². The number of hydrogen-bond donors (Lipinski definition) is 3. The van der Waals surface area contributed by atoms with Crippen LogP contribution in [0.1, 0.15) is 39.3 Å². The number of nitrogens with zero attached hydrogens (tertiary/aromatic N) is 4. The highest BCUT2D eigenvalue weighted by Crippen LogP contribution is 2.29. The number of para-hydroxylation sites is 1. The van der Waals surface area contributed by atoms with Crippen LogP contribution in [0.2, 0.25) is 0 Å². The lowest BCUT2D eigenvalue weighted by atomic mass is 10.0. The van der Waals surface area contributed by atoms with Crippen molar-refractivity contribution < 1.29 is 24.0 Å². The number of carbonyl (C=O) groups is 5. The fraction of sp³-hybridized carbons (Fsp3) is 0.208. The predicted octanol–water partition coefficient (Wildman–Crippen LogP) is 0.397. The van der Waals surface area contributed by atoms with Crippen LogP contribution in [-0.4, -0.2) is 62.0 Å². The molecule has 0 bridgehead atoms. The minimum atomic E-state index is -0.702. The molecule has 3 heterocycles. The van der Waals surface area contributed by atoms with Gasteiger partial charge >= 0.3 is 0 Å². The van der Waals surface area contributed by atoms with Gasteiger partial charge in [0.1, 0.15) is 6.04 Å². The number of anilines is 1. The van der Waals surface area contributed by atoms with Crippen molar-refractivity contribution in [3.8, 4) is 5.69 Å². The number of hydrogen-bond acceptors (Lipinski definition) is 7. The van der Waals surface area contributed by atoms with E-state index in [1.54, 1.807) is 42.5 Å². The molecule has 0 radical (unpaired) electrons. The molecule has 2 aromatic carbocycles. The van der Waals surface area contributed by atoms with E-state index in [0.29, 0.717) is 22.5 Å². The van der Waals surface area contributed by atoms with E-state index < -0.39 is 17.9 Å². The highest BCUT2D eigenvalue weighted by Gasteiger charge is 2.39. The van der Waals surface area contributed by atoms with Crippen molar-refractivity contribution in [1.29, 1.82) is 0 Å². The van der Waals surface area contributed by atoms with Gasteiger partial charge in [0, 0.05) is 24.2 Å². The number of fused-ring (bicyclic) bond motifs is 1. The second kappa shape index (κ2) is 9.41. The molecule has 1 atom stereocenters. The molecule has 182 valence electrons. The lowest BCUT2D eigenvalue weighted by Gasteiger charge is -2.29. The topological polar surface area (TPSA) is 155 Å². The van der Waals surface area contributed by atoms with Gasteiger partial charge in [-0.25, -0.2) is 4.68 Å². The third-order valence-electron chi connectivity index (χ3n) is 5.96. The summed E-state index contributed by atoms with van der Waals surface area (Å²) < 4.78 is 1.39. The maximum absolute atomic E-state index is 12.8. The highest BCUT2D eigenvalue weighted by molar-refractivity contribution is 6.05. The van der Waals surface area contributed by atoms with Gasteiger partial charge in [0.05, 0.1) is 18.4 Å². The predicted molar refractivity (Wildman–Crippen MR) is 125 cm³/mol. The maximum Gasteiger partial charge on any atom is 0.273 e. The Balaban J connectivity index is 1.23. The molecule has 1 aromatic heterocycles. The Labute approximate surface area is 204 Å². The average molecular weight is 487 g/mol. The molecule has 1 unspecified atom stereocenters. The van der Waals surface area contributed by atoms with Gasteiger partial charge in [-0.3, -0.25) is 29.3 Å². The van der Waals surface area contributed by atoms with Crippen molar-refractivity contribution in [2.75, 3.05) is 11.9 Å². The van der Waals surface area contributed by atoms with Crippen LogP contribution >= 0.6 is 0 Å². The Bertz CT molecular complexity index is 1380. The molecule has 2 aliphatic heterocycles. The highest BCUT2D eigenvalue weighted by atomic mass is 16.2. The lowest BCUT2D eigenvalue weighted by Crippen LogP contribution is -2.52. The van der Waals surface area contributed by atoms with Crippen molar-refractivity contribution in [3.63, 3.8) is 0 Å². The Morgan fingerprint density at radius 3 is 2.67 bits per heavy atom. The van der Waals surface area contributed by atoms with Crippen LogP contribution in [0.25, 0.3) is 5.69 Å². The number of amides is 5. The molecule has 5 rings (SSSR count). The van der Waals surface area contributed by atoms with Crippen LogP contribution in [0.3, 0.4) is 0 Å². The van der Waals surface area contributed by atoms with Gasteiger partial charge in [-0.15, -0.1) is 5.10 Å². The molecule has 0 saturated carbocycles.